The molecule has 0 aliphatic carbocycles. The fourth-order valence-electron chi connectivity index (χ4n) is 4.37. The Labute approximate surface area is 172 Å². The lowest BCUT2D eigenvalue weighted by molar-refractivity contribution is 0.0999. The average Bonchev–Trinajstić information content (AvgIpc) is 2.65. The number of nitrogens with zero attached hydrogens (tertiary/aromatic N) is 2. The number of nitrogens with two attached hydrogens (primary N) is 1. The molecule has 1 aliphatic heterocycles. The number of nitrogens with one attached hydrogen (secondary N) is 1. The first-order valence-electron chi connectivity index (χ1n) is 10.2. The monoisotopic (exact) mass is 396 g/mol. The first-order valence-corrected chi connectivity index (χ1v) is 10.2. The number of aromatic amines is 1. The highest BCUT2D eigenvalue weighted by molar-refractivity contribution is 5.96. The maximum atomic E-state index is 12.5. The summed E-state index contributed by atoms with van der Waals surface area (Å²) >= 11 is 0. The number of pyridine rings is 1. The zero-order valence-electron chi connectivity index (χ0n) is 18.1. The molecular formula is C23H32N4O2. The number of aryl methyl sites for hydroxylation is 2. The van der Waals surface area contributed by atoms with Crippen molar-refractivity contribution in [1.29, 1.82) is 0 Å². The van der Waals surface area contributed by atoms with Gasteiger partial charge in [0.05, 0.1) is 0 Å². The van der Waals surface area contributed by atoms with Crippen LogP contribution in [0.4, 0.5) is 5.69 Å². The lowest BCUT2D eigenvalue weighted by atomic mass is 9.94. The molecule has 2 heterocycles. The number of amides is 1. The van der Waals surface area contributed by atoms with Gasteiger partial charge >= 0.3 is 0 Å². The Hall–Kier alpha value is -2.60. The maximum Gasteiger partial charge on any atom is 0.251 e. The van der Waals surface area contributed by atoms with Crippen molar-refractivity contribution in [2.45, 2.75) is 46.1 Å². The fourth-order valence-corrected chi connectivity index (χ4v) is 4.37. The van der Waals surface area contributed by atoms with Gasteiger partial charge in [-0.3, -0.25) is 9.59 Å². The van der Waals surface area contributed by atoms with Gasteiger partial charge in [-0.25, -0.2) is 0 Å². The highest BCUT2D eigenvalue weighted by Crippen LogP contribution is 2.29. The van der Waals surface area contributed by atoms with Crippen molar-refractivity contribution in [3.05, 3.63) is 62.1 Å². The number of hydrogen-bond acceptors (Lipinski definition) is 4. The van der Waals surface area contributed by atoms with Crippen LogP contribution < -0.4 is 16.2 Å². The molecule has 0 saturated carbocycles. The first-order chi connectivity index (χ1) is 13.7. The minimum absolute atomic E-state index is 0.0751. The Balaban J connectivity index is 2.01. The van der Waals surface area contributed by atoms with Crippen LogP contribution in [0.25, 0.3) is 0 Å². The lowest BCUT2D eigenvalue weighted by Gasteiger charge is -2.37. The number of carbonyl (C=O) groups is 1. The summed E-state index contributed by atoms with van der Waals surface area (Å²) in [6.07, 6.45) is 2.63. The molecule has 6 nitrogen and oxygen atoms in total. The Morgan fingerprint density at radius 3 is 2.45 bits per heavy atom. The second-order valence-electron chi connectivity index (χ2n) is 8.42. The van der Waals surface area contributed by atoms with Gasteiger partial charge in [-0.05, 0) is 88.6 Å². The van der Waals surface area contributed by atoms with Crippen molar-refractivity contribution < 1.29 is 4.79 Å². The normalized spacial score (nSPS) is 15.5. The molecule has 29 heavy (non-hydrogen) atoms. The molecule has 6 heteroatoms. The molecule has 1 aliphatic rings. The number of aromatic nitrogens is 1. The van der Waals surface area contributed by atoms with Crippen LogP contribution in [-0.4, -0.2) is 49.0 Å². The van der Waals surface area contributed by atoms with E-state index in [1.807, 2.05) is 32.9 Å². The number of hydrogen-bond donors (Lipinski definition) is 2. The summed E-state index contributed by atoms with van der Waals surface area (Å²) in [5.41, 5.74) is 11.5. The molecule has 0 bridgehead atoms. The zero-order valence-corrected chi connectivity index (χ0v) is 18.1. The number of benzene rings is 1. The van der Waals surface area contributed by atoms with E-state index in [9.17, 15) is 9.59 Å². The molecule has 1 aromatic carbocycles. The largest absolute Gasteiger partial charge is 0.371 e. The predicted octanol–water partition coefficient (Wildman–Crippen LogP) is 2.52. The molecule has 3 rings (SSSR count). The third kappa shape index (κ3) is 4.53. The van der Waals surface area contributed by atoms with Crippen molar-refractivity contribution in [2.75, 3.05) is 32.1 Å². The van der Waals surface area contributed by atoms with Crippen molar-refractivity contribution >= 4 is 11.6 Å². The van der Waals surface area contributed by atoms with Gasteiger partial charge in [-0.2, -0.15) is 0 Å². The third-order valence-electron chi connectivity index (χ3n) is 6.20. The Bertz CT molecular complexity index is 972. The van der Waals surface area contributed by atoms with Crippen LogP contribution in [-0.2, 0) is 6.42 Å². The summed E-state index contributed by atoms with van der Waals surface area (Å²) in [5.74, 6) is -0.433. The summed E-state index contributed by atoms with van der Waals surface area (Å²) in [6.45, 7) is 7.91. The first kappa shape index (κ1) is 21.1. The SMILES string of the molecule is Cc1cc(C)c(Cc2cc(C(N)=O)c(C)c(N(C)C3CCN(C)CC3)c2)c(=O)[nH]1. The van der Waals surface area contributed by atoms with Crippen molar-refractivity contribution in [3.63, 3.8) is 0 Å². The number of likely N-dealkylation sites (tertiary alicyclic amines) is 1. The number of carbonyl (C=O) groups excluding carboxylic acids is 1. The number of rotatable bonds is 5. The Morgan fingerprint density at radius 2 is 1.86 bits per heavy atom. The number of piperidine rings is 1. The van der Waals surface area contributed by atoms with Gasteiger partial charge in [-0.15, -0.1) is 0 Å². The van der Waals surface area contributed by atoms with E-state index in [-0.39, 0.29) is 5.56 Å². The van der Waals surface area contributed by atoms with Crippen LogP contribution in [0.2, 0.25) is 0 Å². The minimum atomic E-state index is -0.433. The molecule has 1 fully saturated rings. The second-order valence-corrected chi connectivity index (χ2v) is 8.42. The summed E-state index contributed by atoms with van der Waals surface area (Å²) in [6, 6.07) is 6.34. The Kier molecular flexibility index (Phi) is 6.13. The summed E-state index contributed by atoms with van der Waals surface area (Å²) < 4.78 is 0. The molecule has 2 aromatic rings. The van der Waals surface area contributed by atoms with Crippen LogP contribution in [0.5, 0.6) is 0 Å². The molecule has 3 N–H and O–H groups in total. The molecule has 0 atom stereocenters. The summed E-state index contributed by atoms with van der Waals surface area (Å²) in [4.78, 5) is 32.1. The van der Waals surface area contributed by atoms with Gasteiger partial charge in [-0.1, -0.05) is 0 Å². The van der Waals surface area contributed by atoms with E-state index in [1.165, 1.54) is 0 Å². The van der Waals surface area contributed by atoms with Crippen LogP contribution >= 0.6 is 0 Å². The summed E-state index contributed by atoms with van der Waals surface area (Å²) in [7, 11) is 4.24. The average molecular weight is 397 g/mol. The van der Waals surface area contributed by atoms with E-state index in [0.29, 0.717) is 18.0 Å². The molecule has 156 valence electrons. The molecule has 0 spiro atoms. The topological polar surface area (TPSA) is 82.4 Å². The molecule has 0 radical (unpaired) electrons. The highest BCUT2D eigenvalue weighted by Gasteiger charge is 2.24. The number of H-pyrrole nitrogens is 1. The lowest BCUT2D eigenvalue weighted by Crippen LogP contribution is -2.42. The van der Waals surface area contributed by atoms with Crippen LogP contribution in [0, 0.1) is 20.8 Å². The van der Waals surface area contributed by atoms with Gasteiger partial charge in [0.1, 0.15) is 0 Å². The predicted molar refractivity (Wildman–Crippen MR) is 118 cm³/mol. The molecule has 1 amide bonds. The smallest absolute Gasteiger partial charge is 0.251 e. The van der Waals surface area contributed by atoms with Gasteiger partial charge in [0, 0.05) is 42.0 Å². The van der Waals surface area contributed by atoms with Crippen molar-refractivity contribution in [2.24, 2.45) is 5.73 Å². The molecular weight excluding hydrogens is 364 g/mol. The Morgan fingerprint density at radius 1 is 1.21 bits per heavy atom. The van der Waals surface area contributed by atoms with Crippen LogP contribution in [0.15, 0.2) is 23.0 Å². The molecule has 0 unspecified atom stereocenters. The van der Waals surface area contributed by atoms with Gasteiger partial charge in [0.15, 0.2) is 0 Å². The van der Waals surface area contributed by atoms with E-state index in [2.05, 4.69) is 34.9 Å². The number of anilines is 1. The van der Waals surface area contributed by atoms with E-state index in [0.717, 1.165) is 59.6 Å². The summed E-state index contributed by atoms with van der Waals surface area (Å²) in [5, 5.41) is 0. The quantitative estimate of drug-likeness (QED) is 0.814. The maximum absolute atomic E-state index is 12.5. The zero-order chi connectivity index (χ0) is 21.3. The standard InChI is InChI=1S/C23H32N4O2/c1-14-10-15(2)25-23(29)19(14)11-17-12-20(22(24)28)16(3)21(13-17)27(5)18-6-8-26(4)9-7-18/h10,12-13,18H,6-9,11H2,1-5H3,(H2,24,28)(H,25,29). The van der Waals surface area contributed by atoms with Crippen molar-refractivity contribution in [3.8, 4) is 0 Å². The van der Waals surface area contributed by atoms with E-state index < -0.39 is 5.91 Å². The highest BCUT2D eigenvalue weighted by atomic mass is 16.1. The third-order valence-corrected chi connectivity index (χ3v) is 6.20. The minimum Gasteiger partial charge on any atom is -0.371 e. The molecule has 1 aromatic heterocycles. The number of primary amides is 1. The van der Waals surface area contributed by atoms with E-state index in [4.69, 9.17) is 5.73 Å². The van der Waals surface area contributed by atoms with Gasteiger partial charge in [0.2, 0.25) is 5.91 Å². The van der Waals surface area contributed by atoms with E-state index >= 15 is 0 Å². The van der Waals surface area contributed by atoms with Crippen LogP contribution in [0.1, 0.15) is 51.1 Å². The van der Waals surface area contributed by atoms with E-state index in [1.54, 1.807) is 0 Å². The molecule has 1 saturated heterocycles. The second kappa shape index (κ2) is 8.41. The van der Waals surface area contributed by atoms with Gasteiger partial charge in [0.25, 0.3) is 5.56 Å². The van der Waals surface area contributed by atoms with Crippen LogP contribution in [0.3, 0.4) is 0 Å². The fraction of sp³-hybridized carbons (Fsp3) is 0.478. The van der Waals surface area contributed by atoms with Gasteiger partial charge < -0.3 is 20.5 Å². The van der Waals surface area contributed by atoms with Crippen molar-refractivity contribution in [1.82, 2.24) is 9.88 Å².